The molecule has 2 aromatic heterocycles. The van der Waals surface area contributed by atoms with Gasteiger partial charge in [0.1, 0.15) is 11.0 Å². The van der Waals surface area contributed by atoms with Crippen LogP contribution in [0.25, 0.3) is 0 Å². The van der Waals surface area contributed by atoms with Crippen molar-refractivity contribution in [2.75, 3.05) is 55.6 Å². The highest BCUT2D eigenvalue weighted by molar-refractivity contribution is 6.32. The number of nitrogens with zero attached hydrogens (tertiary/aromatic N) is 6. The van der Waals surface area contributed by atoms with Crippen LogP contribution in [0.3, 0.4) is 0 Å². The number of hydrogen-bond acceptors (Lipinski definition) is 9. The maximum atomic E-state index is 13.0. The fraction of sp³-hybridized carbons (Fsp3) is 0.577. The zero-order valence-corrected chi connectivity index (χ0v) is 23.6. The number of amides is 2. The monoisotopic (exact) mass is 575 g/mol. The Hall–Kier alpha value is -2.89. The number of likely N-dealkylation sites (tertiary alicyclic amines) is 1. The maximum Gasteiger partial charge on any atom is 0.273 e. The van der Waals surface area contributed by atoms with Crippen molar-refractivity contribution in [3.63, 3.8) is 0 Å². The number of nitrogens with one attached hydrogen (secondary N) is 1. The lowest BCUT2D eigenvalue weighted by molar-refractivity contribution is 0.0491. The van der Waals surface area contributed by atoms with Gasteiger partial charge in [0.05, 0.1) is 5.56 Å². The van der Waals surface area contributed by atoms with Gasteiger partial charge in [0, 0.05) is 51.4 Å². The quantitative estimate of drug-likeness (QED) is 0.424. The first-order chi connectivity index (χ1) is 18.7. The molecule has 3 fully saturated rings. The van der Waals surface area contributed by atoms with Crippen LogP contribution in [0.1, 0.15) is 59.9 Å². The highest BCUT2D eigenvalue weighted by Gasteiger charge is 2.35. The summed E-state index contributed by atoms with van der Waals surface area (Å²) in [6, 6.07) is 3.87. The number of piperazine rings is 1. The van der Waals surface area contributed by atoms with Crippen LogP contribution in [0.4, 0.5) is 17.5 Å². The van der Waals surface area contributed by atoms with Gasteiger partial charge in [0.25, 0.3) is 11.8 Å². The summed E-state index contributed by atoms with van der Waals surface area (Å²) in [4.78, 5) is 44.9. The van der Waals surface area contributed by atoms with Crippen molar-refractivity contribution < 1.29 is 9.59 Å². The predicted octanol–water partition coefficient (Wildman–Crippen LogP) is 2.69. The van der Waals surface area contributed by atoms with Crippen LogP contribution in [-0.4, -0.2) is 87.9 Å². The standard InChI is InChI=1S/C26H35Cl2N9O2/c1-2-16-14-36(24-21(28)33-20(23(30)34-24)25(38)31-13-15-3-4-15)11-12-37(16)17-7-9-35(10-8-17)26(39)18-5-6-19(27)32-22(18)29/h5-6,15-17H,2-4,7-14H2,1H3,(H2,29,32)(H2,30,34)(H,31,38)/t16-/m0/s1. The van der Waals surface area contributed by atoms with Gasteiger partial charge in [-0.05, 0) is 50.2 Å². The summed E-state index contributed by atoms with van der Waals surface area (Å²) in [5.74, 6) is 0.866. The number of carbonyl (C=O) groups excluding carboxylic acids is 2. The Morgan fingerprint density at radius 3 is 2.41 bits per heavy atom. The van der Waals surface area contributed by atoms with Crippen molar-refractivity contribution >= 4 is 52.5 Å². The molecule has 2 amide bonds. The summed E-state index contributed by atoms with van der Waals surface area (Å²) in [6.07, 6.45) is 4.98. The molecule has 5 N–H and O–H groups in total. The Balaban J connectivity index is 1.19. The summed E-state index contributed by atoms with van der Waals surface area (Å²) in [7, 11) is 0. The third kappa shape index (κ3) is 6.15. The van der Waals surface area contributed by atoms with Crippen molar-refractivity contribution in [2.24, 2.45) is 5.92 Å². The van der Waals surface area contributed by atoms with Crippen LogP contribution in [0.5, 0.6) is 0 Å². The van der Waals surface area contributed by atoms with Gasteiger partial charge in [-0.1, -0.05) is 30.1 Å². The number of nitrogens with two attached hydrogens (primary N) is 2. The molecule has 0 bridgehead atoms. The molecular formula is C26H35Cl2N9O2. The van der Waals surface area contributed by atoms with E-state index in [1.54, 1.807) is 12.1 Å². The minimum atomic E-state index is -0.337. The highest BCUT2D eigenvalue weighted by atomic mass is 35.5. The smallest absolute Gasteiger partial charge is 0.273 e. The first-order valence-electron chi connectivity index (χ1n) is 13.6. The first-order valence-corrected chi connectivity index (χ1v) is 14.3. The Labute approximate surface area is 238 Å². The summed E-state index contributed by atoms with van der Waals surface area (Å²) in [6.45, 7) is 6.37. The van der Waals surface area contributed by atoms with E-state index in [0.717, 1.165) is 45.2 Å². The Kier molecular flexibility index (Phi) is 8.29. The largest absolute Gasteiger partial charge is 0.383 e. The van der Waals surface area contributed by atoms with E-state index < -0.39 is 0 Å². The zero-order chi connectivity index (χ0) is 27.7. The van der Waals surface area contributed by atoms with Crippen molar-refractivity contribution in [3.05, 3.63) is 33.7 Å². The van der Waals surface area contributed by atoms with Gasteiger partial charge < -0.3 is 26.6 Å². The summed E-state index contributed by atoms with van der Waals surface area (Å²) >= 11 is 12.4. The van der Waals surface area contributed by atoms with Crippen LogP contribution in [0.15, 0.2) is 12.1 Å². The molecule has 4 heterocycles. The van der Waals surface area contributed by atoms with Crippen LogP contribution < -0.4 is 21.7 Å². The maximum absolute atomic E-state index is 13.0. The van der Waals surface area contributed by atoms with Crippen molar-refractivity contribution in [3.8, 4) is 0 Å². The van der Waals surface area contributed by atoms with Crippen molar-refractivity contribution in [1.29, 1.82) is 0 Å². The molecule has 2 saturated heterocycles. The van der Waals surface area contributed by atoms with Gasteiger partial charge in [0.2, 0.25) is 0 Å². The molecule has 1 aliphatic carbocycles. The molecule has 3 aliphatic rings. The number of halogens is 2. The van der Waals surface area contributed by atoms with Crippen LogP contribution >= 0.6 is 23.2 Å². The number of piperidine rings is 1. The fourth-order valence-corrected chi connectivity index (χ4v) is 5.94. The van der Waals surface area contributed by atoms with Gasteiger partial charge in [-0.15, -0.1) is 0 Å². The minimum Gasteiger partial charge on any atom is -0.383 e. The van der Waals surface area contributed by atoms with Crippen molar-refractivity contribution in [1.82, 2.24) is 30.1 Å². The second kappa shape index (κ2) is 11.7. The molecule has 0 aromatic carbocycles. The third-order valence-electron chi connectivity index (χ3n) is 7.97. The number of pyridine rings is 1. The Morgan fingerprint density at radius 1 is 1.00 bits per heavy atom. The van der Waals surface area contributed by atoms with E-state index in [0.29, 0.717) is 49.5 Å². The van der Waals surface area contributed by atoms with Gasteiger partial charge in [0.15, 0.2) is 22.5 Å². The molecule has 39 heavy (non-hydrogen) atoms. The number of aromatic nitrogens is 3. The van der Waals surface area contributed by atoms with Gasteiger partial charge >= 0.3 is 0 Å². The lowest BCUT2D eigenvalue weighted by Gasteiger charge is -2.47. The number of carbonyl (C=O) groups is 2. The molecular weight excluding hydrogens is 541 g/mol. The zero-order valence-electron chi connectivity index (χ0n) is 22.1. The van der Waals surface area contributed by atoms with Crippen LogP contribution in [0.2, 0.25) is 10.3 Å². The highest BCUT2D eigenvalue weighted by Crippen LogP contribution is 2.31. The van der Waals surface area contributed by atoms with E-state index in [1.807, 2.05) is 4.90 Å². The summed E-state index contributed by atoms with van der Waals surface area (Å²) in [5, 5.41) is 3.33. The lowest BCUT2D eigenvalue weighted by atomic mass is 9.97. The van der Waals surface area contributed by atoms with E-state index in [2.05, 4.69) is 37.0 Å². The molecule has 0 radical (unpaired) electrons. The first kappa shape index (κ1) is 27.7. The average molecular weight is 577 g/mol. The Morgan fingerprint density at radius 2 is 1.74 bits per heavy atom. The summed E-state index contributed by atoms with van der Waals surface area (Å²) < 4.78 is 0. The number of anilines is 3. The normalized spacial score (nSPS) is 20.7. The molecule has 1 atom stereocenters. The lowest BCUT2D eigenvalue weighted by Crippen LogP contribution is -2.58. The summed E-state index contributed by atoms with van der Waals surface area (Å²) in [5.41, 5.74) is 12.6. The molecule has 210 valence electrons. The van der Waals surface area contributed by atoms with E-state index in [9.17, 15) is 9.59 Å². The molecule has 11 nitrogen and oxygen atoms in total. The second-order valence-corrected chi connectivity index (χ2v) is 11.3. The van der Waals surface area contributed by atoms with E-state index in [4.69, 9.17) is 34.7 Å². The third-order valence-corrected chi connectivity index (χ3v) is 8.43. The van der Waals surface area contributed by atoms with E-state index in [-0.39, 0.29) is 45.5 Å². The van der Waals surface area contributed by atoms with Gasteiger partial charge in [-0.2, -0.15) is 0 Å². The molecule has 0 unspecified atom stereocenters. The molecule has 5 rings (SSSR count). The van der Waals surface area contributed by atoms with Gasteiger partial charge in [-0.3, -0.25) is 14.5 Å². The van der Waals surface area contributed by atoms with E-state index >= 15 is 0 Å². The molecule has 0 spiro atoms. The van der Waals surface area contributed by atoms with Gasteiger partial charge in [-0.25, -0.2) is 15.0 Å². The van der Waals surface area contributed by atoms with E-state index in [1.165, 1.54) is 0 Å². The fourth-order valence-electron chi connectivity index (χ4n) is 5.54. The second-order valence-electron chi connectivity index (χ2n) is 10.6. The SMILES string of the molecule is CC[C@H]1CN(c2nc(N)c(C(=O)NCC3CC3)nc2Cl)CCN1C1CCN(C(=O)c2ccc(Cl)nc2N)CC1. The average Bonchev–Trinajstić information content (AvgIpc) is 3.77. The minimum absolute atomic E-state index is 0.0764. The van der Waals surface area contributed by atoms with Crippen molar-refractivity contribution in [2.45, 2.75) is 51.1 Å². The predicted molar refractivity (Wildman–Crippen MR) is 152 cm³/mol. The molecule has 13 heteroatoms. The number of nitrogen functional groups attached to an aromatic ring is 2. The van der Waals surface area contributed by atoms with Crippen LogP contribution in [0, 0.1) is 5.92 Å². The topological polar surface area (TPSA) is 147 Å². The Bertz CT molecular complexity index is 1230. The number of rotatable bonds is 7. The number of hydrogen-bond donors (Lipinski definition) is 3. The molecule has 2 aliphatic heterocycles. The molecule has 2 aromatic rings. The molecule has 1 saturated carbocycles. The van der Waals surface area contributed by atoms with Crippen LogP contribution in [-0.2, 0) is 0 Å².